The number of alkyl halides is 1. The van der Waals surface area contributed by atoms with E-state index in [4.69, 9.17) is 16.3 Å². The Morgan fingerprint density at radius 2 is 2.06 bits per heavy atom. The van der Waals surface area contributed by atoms with Gasteiger partial charge in [0, 0.05) is 23.4 Å². The number of benzene rings is 1. The number of hydrogen-bond acceptors (Lipinski definition) is 2. The molecule has 0 radical (unpaired) electrons. The molecule has 0 unspecified atom stereocenters. The summed E-state index contributed by atoms with van der Waals surface area (Å²) >= 11 is 5.86. The van der Waals surface area contributed by atoms with Gasteiger partial charge in [0.2, 0.25) is 0 Å². The first-order chi connectivity index (χ1) is 8.19. The predicted octanol–water partition coefficient (Wildman–Crippen LogP) is 2.44. The van der Waals surface area contributed by atoms with E-state index in [1.54, 1.807) is 31.4 Å². The second-order valence-electron chi connectivity index (χ2n) is 4.54. The molecule has 1 aromatic rings. The Morgan fingerprint density at radius 3 is 2.53 bits per heavy atom. The van der Waals surface area contributed by atoms with E-state index in [2.05, 4.69) is 5.32 Å². The van der Waals surface area contributed by atoms with E-state index in [0.717, 1.165) is 18.6 Å². The van der Waals surface area contributed by atoms with Gasteiger partial charge in [0.25, 0.3) is 5.91 Å². The van der Waals surface area contributed by atoms with Gasteiger partial charge in [-0.25, -0.2) is 0 Å². The Hall–Kier alpha value is -1.22. The minimum absolute atomic E-state index is 0.0518. The first-order valence-electron chi connectivity index (χ1n) is 5.67. The Kier molecular flexibility index (Phi) is 3.57. The van der Waals surface area contributed by atoms with Crippen molar-refractivity contribution in [2.75, 3.05) is 19.5 Å². The summed E-state index contributed by atoms with van der Waals surface area (Å²) in [7, 11) is 1.60. The van der Waals surface area contributed by atoms with E-state index in [9.17, 15) is 4.79 Å². The zero-order valence-electron chi connectivity index (χ0n) is 9.83. The van der Waals surface area contributed by atoms with Crippen LogP contribution in [0.1, 0.15) is 23.2 Å². The monoisotopic (exact) mass is 253 g/mol. The Balaban J connectivity index is 1.90. The largest absolute Gasteiger partial charge is 0.497 e. The third-order valence-electron chi connectivity index (χ3n) is 3.22. The van der Waals surface area contributed by atoms with Gasteiger partial charge in [0.1, 0.15) is 5.75 Å². The van der Waals surface area contributed by atoms with Crippen molar-refractivity contribution in [3.05, 3.63) is 29.8 Å². The van der Waals surface area contributed by atoms with Crippen LogP contribution in [0.5, 0.6) is 5.75 Å². The molecule has 1 saturated carbocycles. The maximum Gasteiger partial charge on any atom is 0.251 e. The molecular weight excluding hydrogens is 238 g/mol. The first-order valence-corrected chi connectivity index (χ1v) is 6.21. The smallest absolute Gasteiger partial charge is 0.251 e. The third kappa shape index (κ3) is 2.91. The second-order valence-corrected chi connectivity index (χ2v) is 4.81. The van der Waals surface area contributed by atoms with Crippen LogP contribution < -0.4 is 10.1 Å². The highest BCUT2D eigenvalue weighted by atomic mass is 35.5. The summed E-state index contributed by atoms with van der Waals surface area (Å²) in [5.41, 5.74) is 0.806. The molecule has 1 amide bonds. The van der Waals surface area contributed by atoms with Gasteiger partial charge in [-0.2, -0.15) is 0 Å². The zero-order valence-corrected chi connectivity index (χ0v) is 10.6. The van der Waals surface area contributed by atoms with Gasteiger partial charge >= 0.3 is 0 Å². The van der Waals surface area contributed by atoms with Crippen molar-refractivity contribution in [1.82, 2.24) is 5.32 Å². The van der Waals surface area contributed by atoms with Crippen molar-refractivity contribution in [1.29, 1.82) is 0 Å². The van der Waals surface area contributed by atoms with E-state index in [-0.39, 0.29) is 11.3 Å². The van der Waals surface area contributed by atoms with Crippen LogP contribution in [0.4, 0.5) is 0 Å². The van der Waals surface area contributed by atoms with E-state index in [1.165, 1.54) is 0 Å². The average Bonchev–Trinajstić information content (AvgIpc) is 3.17. The zero-order chi connectivity index (χ0) is 12.3. The number of carbonyl (C=O) groups is 1. The van der Waals surface area contributed by atoms with Gasteiger partial charge in [-0.05, 0) is 37.1 Å². The molecule has 0 bridgehead atoms. The highest BCUT2D eigenvalue weighted by molar-refractivity contribution is 6.18. The molecule has 0 spiro atoms. The molecule has 0 aromatic heterocycles. The molecule has 2 rings (SSSR count). The number of carbonyl (C=O) groups excluding carboxylic acids is 1. The lowest BCUT2D eigenvalue weighted by atomic mass is 10.1. The summed E-state index contributed by atoms with van der Waals surface area (Å²) in [5, 5.41) is 2.93. The average molecular weight is 254 g/mol. The highest BCUT2D eigenvalue weighted by Crippen LogP contribution is 2.45. The van der Waals surface area contributed by atoms with Crippen molar-refractivity contribution in [3.63, 3.8) is 0 Å². The van der Waals surface area contributed by atoms with Crippen LogP contribution in [0.15, 0.2) is 24.3 Å². The molecule has 4 heteroatoms. The van der Waals surface area contributed by atoms with Crippen LogP contribution >= 0.6 is 11.6 Å². The van der Waals surface area contributed by atoms with Gasteiger partial charge in [-0.3, -0.25) is 4.79 Å². The summed E-state index contributed by atoms with van der Waals surface area (Å²) in [5.74, 6) is 1.32. The van der Waals surface area contributed by atoms with Gasteiger partial charge in [-0.15, -0.1) is 11.6 Å². The van der Waals surface area contributed by atoms with E-state index < -0.39 is 0 Å². The second kappa shape index (κ2) is 4.96. The fourth-order valence-electron chi connectivity index (χ4n) is 1.65. The summed E-state index contributed by atoms with van der Waals surface area (Å²) in [6.07, 6.45) is 2.22. The lowest BCUT2D eigenvalue weighted by molar-refractivity contribution is 0.0946. The van der Waals surface area contributed by atoms with Crippen LogP contribution in [-0.2, 0) is 0 Å². The number of nitrogens with one attached hydrogen (secondary N) is 1. The van der Waals surface area contributed by atoms with Crippen molar-refractivity contribution < 1.29 is 9.53 Å². The van der Waals surface area contributed by atoms with Crippen LogP contribution in [0, 0.1) is 5.41 Å². The number of amides is 1. The molecule has 92 valence electrons. The van der Waals surface area contributed by atoms with Crippen molar-refractivity contribution >= 4 is 17.5 Å². The molecule has 3 nitrogen and oxygen atoms in total. The van der Waals surface area contributed by atoms with Gasteiger partial charge < -0.3 is 10.1 Å². The van der Waals surface area contributed by atoms with Crippen LogP contribution in [0.25, 0.3) is 0 Å². The molecule has 1 aromatic carbocycles. The summed E-state index contributed by atoms with van der Waals surface area (Å²) in [6.45, 7) is 0.668. The first kappa shape index (κ1) is 12.2. The number of ether oxygens (including phenoxy) is 1. The molecule has 0 atom stereocenters. The molecule has 17 heavy (non-hydrogen) atoms. The normalized spacial score (nSPS) is 16.4. The Bertz CT molecular complexity index is 398. The maximum absolute atomic E-state index is 11.8. The number of halogens is 1. The van der Waals surface area contributed by atoms with E-state index in [1.807, 2.05) is 0 Å². The topological polar surface area (TPSA) is 38.3 Å². The van der Waals surface area contributed by atoms with Crippen molar-refractivity contribution in [2.24, 2.45) is 5.41 Å². The summed E-state index contributed by atoms with van der Waals surface area (Å²) in [4.78, 5) is 11.8. The van der Waals surface area contributed by atoms with E-state index in [0.29, 0.717) is 18.0 Å². The lowest BCUT2D eigenvalue weighted by Crippen LogP contribution is -2.30. The minimum Gasteiger partial charge on any atom is -0.497 e. The van der Waals surface area contributed by atoms with Crippen molar-refractivity contribution in [3.8, 4) is 5.75 Å². The standard InChI is InChI=1S/C13H16ClNO2/c1-17-11-4-2-10(3-5-11)12(16)15-9-13(8-14)6-7-13/h2-5H,6-9H2,1H3,(H,15,16). The Labute approximate surface area is 106 Å². The quantitative estimate of drug-likeness (QED) is 0.819. The van der Waals surface area contributed by atoms with Gasteiger partial charge in [-0.1, -0.05) is 0 Å². The summed E-state index contributed by atoms with van der Waals surface area (Å²) in [6, 6.07) is 7.08. The molecule has 1 aliphatic carbocycles. The minimum atomic E-state index is -0.0518. The van der Waals surface area contributed by atoms with Crippen LogP contribution in [-0.4, -0.2) is 25.4 Å². The fraction of sp³-hybridized carbons (Fsp3) is 0.462. The number of rotatable bonds is 5. The molecule has 0 heterocycles. The molecule has 1 N–H and O–H groups in total. The Morgan fingerprint density at radius 1 is 1.41 bits per heavy atom. The fourth-order valence-corrected chi connectivity index (χ4v) is 2.01. The lowest BCUT2D eigenvalue weighted by Gasteiger charge is -2.12. The molecule has 1 fully saturated rings. The maximum atomic E-state index is 11.8. The van der Waals surface area contributed by atoms with Gasteiger partial charge in [0.15, 0.2) is 0 Å². The molecule has 0 saturated heterocycles. The van der Waals surface area contributed by atoms with Crippen LogP contribution in [0.3, 0.4) is 0 Å². The summed E-state index contributed by atoms with van der Waals surface area (Å²) < 4.78 is 5.04. The third-order valence-corrected chi connectivity index (χ3v) is 3.78. The SMILES string of the molecule is COc1ccc(C(=O)NCC2(CCl)CC2)cc1. The molecule has 1 aliphatic rings. The highest BCUT2D eigenvalue weighted by Gasteiger charge is 2.41. The van der Waals surface area contributed by atoms with Gasteiger partial charge in [0.05, 0.1) is 7.11 Å². The predicted molar refractivity (Wildman–Crippen MR) is 67.7 cm³/mol. The van der Waals surface area contributed by atoms with Crippen molar-refractivity contribution in [2.45, 2.75) is 12.8 Å². The number of methoxy groups -OCH3 is 1. The molecule has 0 aliphatic heterocycles. The molecular formula is C13H16ClNO2. The van der Waals surface area contributed by atoms with Crippen LogP contribution in [0.2, 0.25) is 0 Å². The van der Waals surface area contributed by atoms with E-state index >= 15 is 0 Å². The number of hydrogen-bond donors (Lipinski definition) is 1.